The van der Waals surface area contributed by atoms with Gasteiger partial charge in [0.15, 0.2) is 5.65 Å². The molecule has 1 amide bonds. The summed E-state index contributed by atoms with van der Waals surface area (Å²) < 4.78 is 1.68. The topological polar surface area (TPSA) is 85.3 Å². The van der Waals surface area contributed by atoms with E-state index in [1.165, 1.54) is 0 Å². The van der Waals surface area contributed by atoms with Crippen molar-refractivity contribution in [1.82, 2.24) is 14.6 Å². The van der Waals surface area contributed by atoms with Crippen molar-refractivity contribution < 1.29 is 4.79 Å². The standard InChI is InChI=1S/C18H21N5O/c1-12(2)10-15(18(19)24)22-17-11-14(13-6-4-3-5-7-13)21-16-8-9-20-23(16)17/h3-9,11-12,15,22H,10H2,1-2H3,(H2,19,24). The zero-order valence-electron chi connectivity index (χ0n) is 13.8. The van der Waals surface area contributed by atoms with Crippen molar-refractivity contribution in [2.75, 3.05) is 5.32 Å². The van der Waals surface area contributed by atoms with E-state index in [1.807, 2.05) is 42.5 Å². The molecule has 0 saturated carbocycles. The third kappa shape index (κ3) is 3.37. The summed E-state index contributed by atoms with van der Waals surface area (Å²) in [5.41, 5.74) is 8.09. The van der Waals surface area contributed by atoms with Crippen LogP contribution in [0.3, 0.4) is 0 Å². The van der Waals surface area contributed by atoms with E-state index in [4.69, 9.17) is 5.73 Å². The van der Waals surface area contributed by atoms with Crippen LogP contribution in [0, 0.1) is 5.92 Å². The number of nitrogens with one attached hydrogen (secondary N) is 1. The van der Waals surface area contributed by atoms with Gasteiger partial charge < -0.3 is 11.1 Å². The highest BCUT2D eigenvalue weighted by Gasteiger charge is 2.19. The molecule has 3 N–H and O–H groups in total. The van der Waals surface area contributed by atoms with Crippen LogP contribution in [0.1, 0.15) is 20.3 Å². The maximum atomic E-state index is 11.8. The van der Waals surface area contributed by atoms with Gasteiger partial charge >= 0.3 is 0 Å². The van der Waals surface area contributed by atoms with Crippen molar-refractivity contribution in [2.24, 2.45) is 11.7 Å². The molecule has 1 aromatic carbocycles. The van der Waals surface area contributed by atoms with E-state index in [0.717, 1.165) is 11.3 Å². The molecule has 0 spiro atoms. The first-order chi connectivity index (χ1) is 11.5. The molecule has 0 aliphatic rings. The first-order valence-corrected chi connectivity index (χ1v) is 8.00. The Kier molecular flexibility index (Phi) is 4.46. The van der Waals surface area contributed by atoms with E-state index >= 15 is 0 Å². The van der Waals surface area contributed by atoms with E-state index in [0.29, 0.717) is 23.8 Å². The Morgan fingerprint density at radius 2 is 2.00 bits per heavy atom. The number of rotatable bonds is 6. The molecule has 24 heavy (non-hydrogen) atoms. The molecule has 0 radical (unpaired) electrons. The number of benzene rings is 1. The number of carbonyl (C=O) groups is 1. The molecule has 2 heterocycles. The van der Waals surface area contributed by atoms with E-state index < -0.39 is 6.04 Å². The monoisotopic (exact) mass is 323 g/mol. The average molecular weight is 323 g/mol. The molecule has 1 atom stereocenters. The van der Waals surface area contributed by atoms with Crippen LogP contribution >= 0.6 is 0 Å². The zero-order valence-corrected chi connectivity index (χ0v) is 13.8. The van der Waals surface area contributed by atoms with Crippen LogP contribution in [0.15, 0.2) is 48.7 Å². The van der Waals surface area contributed by atoms with Crippen molar-refractivity contribution in [3.05, 3.63) is 48.7 Å². The number of carbonyl (C=O) groups excluding carboxylic acids is 1. The van der Waals surface area contributed by atoms with Crippen LogP contribution < -0.4 is 11.1 Å². The molecule has 124 valence electrons. The second-order valence-electron chi connectivity index (χ2n) is 6.22. The van der Waals surface area contributed by atoms with Gasteiger partial charge in [0.2, 0.25) is 5.91 Å². The highest BCUT2D eigenvalue weighted by Crippen LogP contribution is 2.23. The van der Waals surface area contributed by atoms with Gasteiger partial charge in [-0.15, -0.1) is 0 Å². The maximum absolute atomic E-state index is 11.8. The molecule has 6 heteroatoms. The van der Waals surface area contributed by atoms with Gasteiger partial charge in [0.1, 0.15) is 11.9 Å². The van der Waals surface area contributed by atoms with Crippen LogP contribution in [0.2, 0.25) is 0 Å². The van der Waals surface area contributed by atoms with Gasteiger partial charge in [0.05, 0.1) is 11.9 Å². The summed E-state index contributed by atoms with van der Waals surface area (Å²) in [4.78, 5) is 16.4. The molecular formula is C18H21N5O. The number of fused-ring (bicyclic) bond motifs is 1. The molecule has 0 aliphatic heterocycles. The lowest BCUT2D eigenvalue weighted by atomic mass is 10.0. The molecular weight excluding hydrogens is 302 g/mol. The first kappa shape index (κ1) is 16.0. The summed E-state index contributed by atoms with van der Waals surface area (Å²) in [5.74, 6) is 0.675. The minimum absolute atomic E-state index is 0.346. The molecule has 3 rings (SSSR count). The number of aromatic nitrogens is 3. The zero-order chi connectivity index (χ0) is 17.1. The lowest BCUT2D eigenvalue weighted by Gasteiger charge is -2.19. The quantitative estimate of drug-likeness (QED) is 0.730. The summed E-state index contributed by atoms with van der Waals surface area (Å²) >= 11 is 0. The number of nitrogens with two attached hydrogens (primary N) is 1. The minimum atomic E-state index is -0.455. The molecule has 3 aromatic rings. The SMILES string of the molecule is CC(C)CC(Nc1cc(-c2ccccc2)nc2ccnn12)C(N)=O. The number of anilines is 1. The predicted molar refractivity (Wildman–Crippen MR) is 94.5 cm³/mol. The summed E-state index contributed by atoms with van der Waals surface area (Å²) in [6.07, 6.45) is 2.34. The molecule has 6 nitrogen and oxygen atoms in total. The highest BCUT2D eigenvalue weighted by molar-refractivity contribution is 5.83. The number of hydrogen-bond donors (Lipinski definition) is 2. The molecule has 0 bridgehead atoms. The lowest BCUT2D eigenvalue weighted by molar-refractivity contribution is -0.119. The molecule has 2 aromatic heterocycles. The van der Waals surface area contributed by atoms with Crippen molar-refractivity contribution >= 4 is 17.4 Å². The number of hydrogen-bond acceptors (Lipinski definition) is 4. The van der Waals surface area contributed by atoms with Gasteiger partial charge in [-0.1, -0.05) is 44.2 Å². The Hall–Kier alpha value is -2.89. The normalized spacial score (nSPS) is 12.5. The van der Waals surface area contributed by atoms with Gasteiger partial charge in [-0.05, 0) is 12.3 Å². The molecule has 0 saturated heterocycles. The third-order valence-corrected chi connectivity index (χ3v) is 3.80. The Balaban J connectivity index is 2.03. The smallest absolute Gasteiger partial charge is 0.239 e. The van der Waals surface area contributed by atoms with Gasteiger partial charge in [-0.25, -0.2) is 4.98 Å². The maximum Gasteiger partial charge on any atom is 0.239 e. The van der Waals surface area contributed by atoms with E-state index in [9.17, 15) is 4.79 Å². The fourth-order valence-electron chi connectivity index (χ4n) is 2.67. The van der Waals surface area contributed by atoms with Gasteiger partial charge in [0, 0.05) is 17.7 Å². The molecule has 0 aliphatic carbocycles. The van der Waals surface area contributed by atoms with E-state index in [2.05, 4.69) is 29.2 Å². The summed E-state index contributed by atoms with van der Waals surface area (Å²) in [6, 6.07) is 13.2. The van der Waals surface area contributed by atoms with Crippen molar-refractivity contribution in [3.8, 4) is 11.3 Å². The Labute approximate surface area is 140 Å². The van der Waals surface area contributed by atoms with E-state index in [1.54, 1.807) is 10.7 Å². The van der Waals surface area contributed by atoms with Crippen molar-refractivity contribution in [1.29, 1.82) is 0 Å². The Bertz CT molecular complexity index is 841. The lowest BCUT2D eigenvalue weighted by Crippen LogP contribution is -2.37. The summed E-state index contributed by atoms with van der Waals surface area (Å²) in [5, 5.41) is 7.52. The molecule has 0 fully saturated rings. The molecule has 1 unspecified atom stereocenters. The average Bonchev–Trinajstić information content (AvgIpc) is 3.03. The van der Waals surface area contributed by atoms with Gasteiger partial charge in [-0.3, -0.25) is 4.79 Å². The van der Waals surface area contributed by atoms with Crippen LogP contribution in [0.5, 0.6) is 0 Å². The summed E-state index contributed by atoms with van der Waals surface area (Å²) in [7, 11) is 0. The second-order valence-corrected chi connectivity index (χ2v) is 6.22. The Morgan fingerprint density at radius 3 is 2.67 bits per heavy atom. The predicted octanol–water partition coefficient (Wildman–Crippen LogP) is 2.71. The van der Waals surface area contributed by atoms with E-state index in [-0.39, 0.29) is 5.91 Å². The number of primary amides is 1. The summed E-state index contributed by atoms with van der Waals surface area (Å²) in [6.45, 7) is 4.12. The van der Waals surface area contributed by atoms with Crippen LogP contribution in [-0.4, -0.2) is 26.5 Å². The van der Waals surface area contributed by atoms with Crippen molar-refractivity contribution in [3.63, 3.8) is 0 Å². The first-order valence-electron chi connectivity index (χ1n) is 8.00. The van der Waals surface area contributed by atoms with Crippen LogP contribution in [0.25, 0.3) is 16.9 Å². The fraction of sp³-hybridized carbons (Fsp3) is 0.278. The largest absolute Gasteiger partial charge is 0.368 e. The Morgan fingerprint density at radius 1 is 1.25 bits per heavy atom. The van der Waals surface area contributed by atoms with Crippen LogP contribution in [0.4, 0.5) is 5.82 Å². The van der Waals surface area contributed by atoms with Gasteiger partial charge in [-0.2, -0.15) is 9.61 Å². The minimum Gasteiger partial charge on any atom is -0.368 e. The number of amides is 1. The highest BCUT2D eigenvalue weighted by atomic mass is 16.1. The fourth-order valence-corrected chi connectivity index (χ4v) is 2.67. The third-order valence-electron chi connectivity index (χ3n) is 3.80. The van der Waals surface area contributed by atoms with Crippen molar-refractivity contribution in [2.45, 2.75) is 26.3 Å². The number of nitrogens with zero attached hydrogens (tertiary/aromatic N) is 3. The van der Waals surface area contributed by atoms with Gasteiger partial charge in [0.25, 0.3) is 0 Å². The van der Waals surface area contributed by atoms with Crippen LogP contribution in [-0.2, 0) is 4.79 Å². The second kappa shape index (κ2) is 6.70.